The normalized spacial score (nSPS) is 12.2. The number of benzene rings is 2. The predicted octanol–water partition coefficient (Wildman–Crippen LogP) is 3.82. The molecule has 0 amide bonds. The van der Waals surface area contributed by atoms with Crippen molar-refractivity contribution in [3.63, 3.8) is 0 Å². The first-order valence-electron chi connectivity index (χ1n) is 7.32. The van der Waals surface area contributed by atoms with Gasteiger partial charge in [0, 0.05) is 5.92 Å². The summed E-state index contributed by atoms with van der Waals surface area (Å²) in [5.74, 6) is 0.884. The summed E-state index contributed by atoms with van der Waals surface area (Å²) in [4.78, 5) is 0. The SMILES string of the molecule is CCOc1ccc(C(CN)Cc2cccc(F)c2)cc1C. The highest BCUT2D eigenvalue weighted by Crippen LogP contribution is 2.26. The molecular weight excluding hydrogens is 265 g/mol. The lowest BCUT2D eigenvalue weighted by atomic mass is 9.91. The van der Waals surface area contributed by atoms with Crippen LogP contribution < -0.4 is 10.5 Å². The molecule has 2 rings (SSSR count). The molecule has 0 aliphatic carbocycles. The van der Waals surface area contributed by atoms with Gasteiger partial charge in [-0.15, -0.1) is 0 Å². The number of nitrogens with two attached hydrogens (primary N) is 1. The van der Waals surface area contributed by atoms with Crippen LogP contribution in [-0.4, -0.2) is 13.2 Å². The van der Waals surface area contributed by atoms with E-state index in [1.54, 1.807) is 12.1 Å². The van der Waals surface area contributed by atoms with Crippen molar-refractivity contribution in [1.82, 2.24) is 0 Å². The fourth-order valence-electron chi connectivity index (χ4n) is 2.53. The predicted molar refractivity (Wildman–Crippen MR) is 84.2 cm³/mol. The van der Waals surface area contributed by atoms with Gasteiger partial charge in [-0.05, 0) is 61.7 Å². The molecule has 0 aromatic heterocycles. The lowest BCUT2D eigenvalue weighted by molar-refractivity contribution is 0.337. The van der Waals surface area contributed by atoms with Gasteiger partial charge in [-0.1, -0.05) is 24.3 Å². The molecule has 1 atom stereocenters. The minimum atomic E-state index is -0.203. The zero-order chi connectivity index (χ0) is 15.2. The van der Waals surface area contributed by atoms with Crippen LogP contribution in [0.4, 0.5) is 4.39 Å². The zero-order valence-electron chi connectivity index (χ0n) is 12.6. The molecule has 0 saturated heterocycles. The van der Waals surface area contributed by atoms with E-state index in [0.29, 0.717) is 13.2 Å². The van der Waals surface area contributed by atoms with Crippen molar-refractivity contribution in [1.29, 1.82) is 0 Å². The minimum Gasteiger partial charge on any atom is -0.494 e. The number of hydrogen-bond donors (Lipinski definition) is 1. The molecule has 0 fully saturated rings. The van der Waals surface area contributed by atoms with Gasteiger partial charge in [0.15, 0.2) is 0 Å². The van der Waals surface area contributed by atoms with Crippen molar-refractivity contribution in [2.75, 3.05) is 13.2 Å². The van der Waals surface area contributed by atoms with E-state index in [-0.39, 0.29) is 11.7 Å². The molecule has 2 aromatic carbocycles. The summed E-state index contributed by atoms with van der Waals surface area (Å²) >= 11 is 0. The van der Waals surface area contributed by atoms with Crippen molar-refractivity contribution in [3.05, 3.63) is 65.0 Å². The highest BCUT2D eigenvalue weighted by Gasteiger charge is 2.13. The second-order valence-corrected chi connectivity index (χ2v) is 5.22. The van der Waals surface area contributed by atoms with Gasteiger partial charge >= 0.3 is 0 Å². The number of rotatable bonds is 6. The quantitative estimate of drug-likeness (QED) is 0.876. The summed E-state index contributed by atoms with van der Waals surface area (Å²) in [5, 5.41) is 0. The molecule has 0 aliphatic heterocycles. The van der Waals surface area contributed by atoms with E-state index in [1.165, 1.54) is 11.6 Å². The minimum absolute atomic E-state index is 0.182. The average molecular weight is 287 g/mol. The van der Waals surface area contributed by atoms with Crippen LogP contribution in [0.25, 0.3) is 0 Å². The summed E-state index contributed by atoms with van der Waals surface area (Å²) in [6.07, 6.45) is 0.738. The van der Waals surface area contributed by atoms with Crippen LogP contribution in [0, 0.1) is 12.7 Å². The van der Waals surface area contributed by atoms with Gasteiger partial charge < -0.3 is 10.5 Å². The van der Waals surface area contributed by atoms with E-state index < -0.39 is 0 Å². The Kier molecular flexibility index (Phi) is 5.34. The average Bonchev–Trinajstić information content (AvgIpc) is 2.47. The van der Waals surface area contributed by atoms with Gasteiger partial charge in [0.25, 0.3) is 0 Å². The molecule has 21 heavy (non-hydrogen) atoms. The summed E-state index contributed by atoms with van der Waals surface area (Å²) in [6.45, 7) is 5.19. The first-order valence-corrected chi connectivity index (χ1v) is 7.32. The van der Waals surface area contributed by atoms with E-state index in [4.69, 9.17) is 10.5 Å². The molecule has 0 radical (unpaired) electrons. The van der Waals surface area contributed by atoms with Gasteiger partial charge in [-0.2, -0.15) is 0 Å². The van der Waals surface area contributed by atoms with Crippen LogP contribution in [0.3, 0.4) is 0 Å². The van der Waals surface area contributed by atoms with Crippen LogP contribution in [0.5, 0.6) is 5.75 Å². The number of hydrogen-bond acceptors (Lipinski definition) is 2. The van der Waals surface area contributed by atoms with E-state index in [9.17, 15) is 4.39 Å². The largest absolute Gasteiger partial charge is 0.494 e. The second-order valence-electron chi connectivity index (χ2n) is 5.22. The van der Waals surface area contributed by atoms with E-state index in [1.807, 2.05) is 26.0 Å². The van der Waals surface area contributed by atoms with Crippen LogP contribution in [0.1, 0.15) is 29.5 Å². The summed E-state index contributed by atoms with van der Waals surface area (Å²) < 4.78 is 18.8. The van der Waals surface area contributed by atoms with Gasteiger partial charge in [0.2, 0.25) is 0 Å². The van der Waals surface area contributed by atoms with Gasteiger partial charge in [0.1, 0.15) is 11.6 Å². The lowest BCUT2D eigenvalue weighted by Gasteiger charge is -2.17. The Balaban J connectivity index is 2.19. The highest BCUT2D eigenvalue weighted by molar-refractivity contribution is 5.38. The molecule has 112 valence electrons. The Labute approximate surface area is 125 Å². The van der Waals surface area contributed by atoms with Crippen LogP contribution >= 0.6 is 0 Å². The molecule has 0 saturated carbocycles. The smallest absolute Gasteiger partial charge is 0.123 e. The molecule has 0 bridgehead atoms. The zero-order valence-corrected chi connectivity index (χ0v) is 12.6. The number of ether oxygens (including phenoxy) is 1. The van der Waals surface area contributed by atoms with Crippen molar-refractivity contribution in [2.45, 2.75) is 26.2 Å². The van der Waals surface area contributed by atoms with E-state index in [2.05, 4.69) is 12.1 Å². The first-order chi connectivity index (χ1) is 10.1. The van der Waals surface area contributed by atoms with Crippen LogP contribution in [-0.2, 0) is 6.42 Å². The number of aryl methyl sites for hydroxylation is 1. The Morgan fingerprint density at radius 1 is 1.19 bits per heavy atom. The third kappa shape index (κ3) is 4.05. The van der Waals surface area contributed by atoms with Crippen molar-refractivity contribution in [3.8, 4) is 5.75 Å². The molecule has 2 N–H and O–H groups in total. The summed E-state index contributed by atoms with van der Waals surface area (Å²) in [7, 11) is 0. The molecule has 2 aromatic rings. The molecule has 3 heteroatoms. The maximum absolute atomic E-state index is 13.3. The molecule has 0 heterocycles. The first kappa shape index (κ1) is 15.5. The Hall–Kier alpha value is -1.87. The van der Waals surface area contributed by atoms with Gasteiger partial charge in [-0.25, -0.2) is 4.39 Å². The Bertz CT molecular complexity index is 598. The van der Waals surface area contributed by atoms with Crippen molar-refractivity contribution in [2.24, 2.45) is 5.73 Å². The Morgan fingerprint density at radius 3 is 2.62 bits per heavy atom. The third-order valence-electron chi connectivity index (χ3n) is 3.63. The van der Waals surface area contributed by atoms with Crippen LogP contribution in [0.2, 0.25) is 0 Å². The third-order valence-corrected chi connectivity index (χ3v) is 3.63. The van der Waals surface area contributed by atoms with Gasteiger partial charge in [-0.3, -0.25) is 0 Å². The van der Waals surface area contributed by atoms with Gasteiger partial charge in [0.05, 0.1) is 6.61 Å². The highest BCUT2D eigenvalue weighted by atomic mass is 19.1. The van der Waals surface area contributed by atoms with E-state index in [0.717, 1.165) is 23.3 Å². The summed E-state index contributed by atoms with van der Waals surface area (Å²) in [6, 6.07) is 12.9. The standard InChI is InChI=1S/C18H22FNO/c1-3-21-18-8-7-15(9-13(18)2)16(12-20)10-14-5-4-6-17(19)11-14/h4-9,11,16H,3,10,12,20H2,1-2H3. The second kappa shape index (κ2) is 7.23. The maximum Gasteiger partial charge on any atom is 0.123 e. The molecule has 1 unspecified atom stereocenters. The fourth-order valence-corrected chi connectivity index (χ4v) is 2.53. The molecule has 0 spiro atoms. The van der Waals surface area contributed by atoms with E-state index >= 15 is 0 Å². The fraction of sp³-hybridized carbons (Fsp3) is 0.333. The molecule has 0 aliphatic rings. The lowest BCUT2D eigenvalue weighted by Crippen LogP contribution is -2.15. The monoisotopic (exact) mass is 287 g/mol. The molecular formula is C18H22FNO. The van der Waals surface area contributed by atoms with Crippen LogP contribution in [0.15, 0.2) is 42.5 Å². The van der Waals surface area contributed by atoms with Crippen molar-refractivity contribution < 1.29 is 9.13 Å². The molecule has 2 nitrogen and oxygen atoms in total. The number of halogens is 1. The Morgan fingerprint density at radius 2 is 2.00 bits per heavy atom. The summed E-state index contributed by atoms with van der Waals surface area (Å²) in [5.41, 5.74) is 9.15. The topological polar surface area (TPSA) is 35.2 Å². The van der Waals surface area contributed by atoms with Crippen molar-refractivity contribution >= 4 is 0 Å². The maximum atomic E-state index is 13.3.